The van der Waals surface area contributed by atoms with E-state index in [9.17, 15) is 4.79 Å². The Morgan fingerprint density at radius 2 is 1.94 bits per heavy atom. The second-order valence-corrected chi connectivity index (χ2v) is 4.88. The summed E-state index contributed by atoms with van der Waals surface area (Å²) in [7, 11) is 4.11. The fraction of sp³-hybridized carbons (Fsp3) is 0.917. The molecule has 0 aliphatic carbocycles. The first kappa shape index (κ1) is 13.5. The van der Waals surface area contributed by atoms with Crippen molar-refractivity contribution in [2.45, 2.75) is 32.2 Å². The molecule has 1 aliphatic heterocycles. The van der Waals surface area contributed by atoms with Crippen LogP contribution < -0.4 is 5.32 Å². The van der Waals surface area contributed by atoms with Gasteiger partial charge in [-0.25, -0.2) is 0 Å². The summed E-state index contributed by atoms with van der Waals surface area (Å²) in [6, 6.07) is 0.467. The van der Waals surface area contributed by atoms with Crippen molar-refractivity contribution in [2.75, 3.05) is 40.3 Å². The van der Waals surface area contributed by atoms with E-state index in [1.165, 1.54) is 19.3 Å². The molecule has 1 N–H and O–H groups in total. The molecule has 94 valence electrons. The standard InChI is InChI=1S/C12H25N3O/c1-11(14(2)3)9-13-10-12(16)15-7-5-4-6-8-15/h11,13H,4-10H2,1-3H3. The molecule has 0 aromatic carbocycles. The third-order valence-electron chi connectivity index (χ3n) is 3.31. The molecule has 16 heavy (non-hydrogen) atoms. The molecular weight excluding hydrogens is 202 g/mol. The molecule has 4 nitrogen and oxygen atoms in total. The fourth-order valence-corrected chi connectivity index (χ4v) is 1.83. The van der Waals surface area contributed by atoms with Gasteiger partial charge in [0.1, 0.15) is 0 Å². The van der Waals surface area contributed by atoms with Gasteiger partial charge in [-0.15, -0.1) is 0 Å². The number of piperidine rings is 1. The van der Waals surface area contributed by atoms with Crippen molar-refractivity contribution in [2.24, 2.45) is 0 Å². The van der Waals surface area contributed by atoms with Crippen LogP contribution in [0, 0.1) is 0 Å². The van der Waals surface area contributed by atoms with Crippen LogP contribution in [0.5, 0.6) is 0 Å². The van der Waals surface area contributed by atoms with Crippen LogP contribution in [0.2, 0.25) is 0 Å². The van der Waals surface area contributed by atoms with Crippen molar-refractivity contribution in [3.05, 3.63) is 0 Å². The highest BCUT2D eigenvalue weighted by Gasteiger charge is 2.15. The molecule has 0 radical (unpaired) electrons. The molecule has 4 heteroatoms. The Morgan fingerprint density at radius 3 is 2.50 bits per heavy atom. The van der Waals surface area contributed by atoms with Crippen molar-refractivity contribution in [1.29, 1.82) is 0 Å². The van der Waals surface area contributed by atoms with Gasteiger partial charge in [0, 0.05) is 25.7 Å². The maximum Gasteiger partial charge on any atom is 0.236 e. The normalized spacial score (nSPS) is 18.9. The molecular formula is C12H25N3O. The average Bonchev–Trinajstić information content (AvgIpc) is 2.29. The van der Waals surface area contributed by atoms with E-state index in [0.717, 1.165) is 19.6 Å². The zero-order valence-corrected chi connectivity index (χ0v) is 10.8. The van der Waals surface area contributed by atoms with E-state index in [2.05, 4.69) is 31.2 Å². The quantitative estimate of drug-likeness (QED) is 0.744. The lowest BCUT2D eigenvalue weighted by Gasteiger charge is -2.27. The minimum absolute atomic E-state index is 0.255. The highest BCUT2D eigenvalue weighted by atomic mass is 16.2. The number of likely N-dealkylation sites (N-methyl/N-ethyl adjacent to an activating group) is 1. The van der Waals surface area contributed by atoms with E-state index >= 15 is 0 Å². The first-order chi connectivity index (χ1) is 7.61. The number of nitrogens with one attached hydrogen (secondary N) is 1. The number of likely N-dealkylation sites (tertiary alicyclic amines) is 1. The molecule has 0 spiro atoms. The number of rotatable bonds is 5. The molecule has 0 bridgehead atoms. The highest BCUT2D eigenvalue weighted by molar-refractivity contribution is 5.78. The SMILES string of the molecule is CC(CNCC(=O)N1CCCCC1)N(C)C. The van der Waals surface area contributed by atoms with Gasteiger partial charge < -0.3 is 15.1 Å². The molecule has 1 heterocycles. The van der Waals surface area contributed by atoms with Crippen molar-refractivity contribution in [3.63, 3.8) is 0 Å². The highest BCUT2D eigenvalue weighted by Crippen LogP contribution is 2.08. The smallest absolute Gasteiger partial charge is 0.236 e. The third-order valence-corrected chi connectivity index (χ3v) is 3.31. The largest absolute Gasteiger partial charge is 0.342 e. The summed E-state index contributed by atoms with van der Waals surface area (Å²) in [5.74, 6) is 0.255. The predicted molar refractivity (Wildman–Crippen MR) is 66.4 cm³/mol. The predicted octanol–water partition coefficient (Wildman–Crippen LogP) is 0.539. The Hall–Kier alpha value is -0.610. The summed E-state index contributed by atoms with van der Waals surface area (Å²) in [6.45, 7) is 5.40. The van der Waals surface area contributed by atoms with Crippen LogP contribution in [-0.2, 0) is 4.79 Å². The average molecular weight is 227 g/mol. The minimum Gasteiger partial charge on any atom is -0.342 e. The van der Waals surface area contributed by atoms with Crippen molar-refractivity contribution in [3.8, 4) is 0 Å². The monoisotopic (exact) mass is 227 g/mol. The zero-order valence-electron chi connectivity index (χ0n) is 10.8. The number of carbonyl (C=O) groups excluding carboxylic acids is 1. The zero-order chi connectivity index (χ0) is 12.0. The van der Waals surface area contributed by atoms with E-state index in [1.807, 2.05) is 4.90 Å². The van der Waals surface area contributed by atoms with E-state index < -0.39 is 0 Å². The van der Waals surface area contributed by atoms with Crippen LogP contribution in [0.1, 0.15) is 26.2 Å². The molecule has 1 saturated heterocycles. The Morgan fingerprint density at radius 1 is 1.31 bits per heavy atom. The second kappa shape index (κ2) is 6.86. The molecule has 1 unspecified atom stereocenters. The maximum absolute atomic E-state index is 11.8. The molecule has 1 rings (SSSR count). The first-order valence-corrected chi connectivity index (χ1v) is 6.26. The van der Waals surface area contributed by atoms with Crippen LogP contribution in [0.4, 0.5) is 0 Å². The number of hydrogen-bond acceptors (Lipinski definition) is 3. The first-order valence-electron chi connectivity index (χ1n) is 6.26. The molecule has 0 aromatic rings. The van der Waals surface area contributed by atoms with Gasteiger partial charge in [0.15, 0.2) is 0 Å². The third kappa shape index (κ3) is 4.49. The Balaban J connectivity index is 2.14. The number of amides is 1. The van der Waals surface area contributed by atoms with Gasteiger partial charge in [-0.2, -0.15) is 0 Å². The van der Waals surface area contributed by atoms with Crippen LogP contribution in [0.3, 0.4) is 0 Å². The van der Waals surface area contributed by atoms with Crippen molar-refractivity contribution in [1.82, 2.24) is 15.1 Å². The number of nitrogens with zero attached hydrogens (tertiary/aromatic N) is 2. The van der Waals surface area contributed by atoms with E-state index in [0.29, 0.717) is 12.6 Å². The van der Waals surface area contributed by atoms with E-state index in [1.54, 1.807) is 0 Å². The van der Waals surface area contributed by atoms with Gasteiger partial charge in [-0.05, 0) is 40.3 Å². The summed E-state index contributed by atoms with van der Waals surface area (Å²) in [4.78, 5) is 15.9. The molecule has 1 amide bonds. The molecule has 1 atom stereocenters. The topological polar surface area (TPSA) is 35.6 Å². The molecule has 0 aromatic heterocycles. The maximum atomic E-state index is 11.8. The van der Waals surface area contributed by atoms with Gasteiger partial charge in [-0.3, -0.25) is 4.79 Å². The summed E-state index contributed by atoms with van der Waals surface area (Å²) >= 11 is 0. The Labute approximate surface area is 99.0 Å². The fourth-order valence-electron chi connectivity index (χ4n) is 1.83. The number of hydrogen-bond donors (Lipinski definition) is 1. The van der Waals surface area contributed by atoms with Gasteiger partial charge >= 0.3 is 0 Å². The molecule has 1 aliphatic rings. The van der Waals surface area contributed by atoms with E-state index in [4.69, 9.17) is 0 Å². The van der Waals surface area contributed by atoms with Crippen LogP contribution in [-0.4, -0.2) is 62.0 Å². The van der Waals surface area contributed by atoms with Gasteiger partial charge in [0.2, 0.25) is 5.91 Å². The van der Waals surface area contributed by atoms with E-state index in [-0.39, 0.29) is 5.91 Å². The summed E-state index contributed by atoms with van der Waals surface area (Å²) in [5.41, 5.74) is 0. The lowest BCUT2D eigenvalue weighted by Crippen LogP contribution is -2.44. The lowest BCUT2D eigenvalue weighted by atomic mass is 10.1. The Kier molecular flexibility index (Phi) is 5.77. The molecule has 0 saturated carbocycles. The van der Waals surface area contributed by atoms with Crippen molar-refractivity contribution >= 4 is 5.91 Å². The summed E-state index contributed by atoms with van der Waals surface area (Å²) in [5, 5.41) is 3.23. The second-order valence-electron chi connectivity index (χ2n) is 4.88. The van der Waals surface area contributed by atoms with Gasteiger partial charge in [0.25, 0.3) is 0 Å². The van der Waals surface area contributed by atoms with Crippen LogP contribution >= 0.6 is 0 Å². The summed E-state index contributed by atoms with van der Waals surface area (Å²) < 4.78 is 0. The summed E-state index contributed by atoms with van der Waals surface area (Å²) in [6.07, 6.45) is 3.61. The van der Waals surface area contributed by atoms with Crippen LogP contribution in [0.15, 0.2) is 0 Å². The minimum atomic E-state index is 0.255. The van der Waals surface area contributed by atoms with Gasteiger partial charge in [0.05, 0.1) is 6.54 Å². The van der Waals surface area contributed by atoms with Crippen LogP contribution in [0.25, 0.3) is 0 Å². The molecule has 1 fully saturated rings. The Bertz CT molecular complexity index is 212. The number of carbonyl (C=O) groups is 1. The van der Waals surface area contributed by atoms with Crippen molar-refractivity contribution < 1.29 is 4.79 Å². The van der Waals surface area contributed by atoms with Gasteiger partial charge in [-0.1, -0.05) is 0 Å². The lowest BCUT2D eigenvalue weighted by molar-refractivity contribution is -0.131.